The minimum atomic E-state index is -4.11. The average Bonchev–Trinajstić information content (AvgIpc) is 2.52. The summed E-state index contributed by atoms with van der Waals surface area (Å²) in [5.74, 6) is 2.49. The Morgan fingerprint density at radius 1 is 0.625 bits per heavy atom. The topological polar surface area (TPSA) is 54.4 Å². The summed E-state index contributed by atoms with van der Waals surface area (Å²) in [7, 11) is -4.11. The molecule has 0 heterocycles. The first-order valence-electron chi connectivity index (χ1n) is 10.0. The van der Waals surface area contributed by atoms with Crippen molar-refractivity contribution in [1.29, 1.82) is 0 Å². The Morgan fingerprint density at radius 3 is 1.29 bits per heavy atom. The average molecular weight is 359 g/mol. The first-order chi connectivity index (χ1) is 11.6. The number of hydrogen-bond donors (Lipinski definition) is 1. The van der Waals surface area contributed by atoms with Gasteiger partial charge in [0.25, 0.3) is 0 Å². The van der Waals surface area contributed by atoms with E-state index in [1.807, 2.05) is 5.25 Å². The molecule has 4 heteroatoms. The Labute approximate surface area is 150 Å². The van der Waals surface area contributed by atoms with E-state index in [0.29, 0.717) is 6.42 Å². The molecule has 0 aliphatic rings. The second-order valence-electron chi connectivity index (χ2n) is 6.81. The molecule has 0 saturated carbocycles. The molecule has 0 spiro atoms. The van der Waals surface area contributed by atoms with Gasteiger partial charge in [0.15, 0.2) is 0 Å². The molecule has 0 rings (SSSR count). The zero-order chi connectivity index (χ0) is 17.9. The third kappa shape index (κ3) is 21.5. The molecule has 0 aromatic heterocycles. The molecule has 0 saturated heterocycles. The van der Waals surface area contributed by atoms with Gasteiger partial charge in [-0.1, -0.05) is 109 Å². The molecule has 1 N–H and O–H groups in total. The summed E-state index contributed by atoms with van der Waals surface area (Å²) in [6.45, 7) is 2.27. The first-order valence-corrected chi connectivity index (χ1v) is 11.5. The summed E-state index contributed by atoms with van der Waals surface area (Å²) >= 11 is 0. The monoisotopic (exact) mass is 358 g/mol. The summed E-state index contributed by atoms with van der Waals surface area (Å²) in [6, 6.07) is 0. The van der Waals surface area contributed by atoms with Gasteiger partial charge < -0.3 is 0 Å². The van der Waals surface area contributed by atoms with Gasteiger partial charge in [-0.3, -0.25) is 4.55 Å². The van der Waals surface area contributed by atoms with Crippen molar-refractivity contribution in [1.82, 2.24) is 0 Å². The minimum absolute atomic E-state index is 0.554. The van der Waals surface area contributed by atoms with Gasteiger partial charge in [0.1, 0.15) is 0 Å². The minimum Gasteiger partial charge on any atom is -0.276 e. The molecule has 0 unspecified atom stereocenters. The maximum Gasteiger partial charge on any atom is 0.335 e. The Morgan fingerprint density at radius 2 is 0.958 bits per heavy atom. The fourth-order valence-corrected chi connectivity index (χ4v) is 3.19. The highest BCUT2D eigenvalue weighted by Crippen LogP contribution is 2.13. The fraction of sp³-hybridized carbons (Fsp3) is 0.900. The lowest BCUT2D eigenvalue weighted by Gasteiger charge is -2.03. The number of hydrogen-bond acceptors (Lipinski definition) is 2. The molecule has 0 aliphatic carbocycles. The summed E-state index contributed by atoms with van der Waals surface area (Å²) in [4.78, 5) is 0. The maximum atomic E-state index is 10.4. The van der Waals surface area contributed by atoms with Crippen molar-refractivity contribution in [2.45, 2.75) is 116 Å². The standard InChI is InChI=1S/C20H38O3S/c1-2-3-4-5-6-7-8-9-10-11-12-13-14-15-16-17-18-19-20-24(21,22)23/h2-18H2,1H3,(H,21,22,23). The highest BCUT2D eigenvalue weighted by atomic mass is 32.2. The summed E-state index contributed by atoms with van der Waals surface area (Å²) in [5.41, 5.74) is 0. The van der Waals surface area contributed by atoms with E-state index in [9.17, 15) is 8.42 Å². The van der Waals surface area contributed by atoms with Crippen LogP contribution in [-0.4, -0.2) is 13.0 Å². The van der Waals surface area contributed by atoms with E-state index >= 15 is 0 Å². The molecule has 0 amide bonds. The van der Waals surface area contributed by atoms with E-state index in [1.54, 1.807) is 0 Å². The maximum absolute atomic E-state index is 10.4. The summed E-state index contributed by atoms with van der Waals surface area (Å²) in [5, 5.41) is 1.85. The lowest BCUT2D eigenvalue weighted by Crippen LogP contribution is -1.89. The van der Waals surface area contributed by atoms with E-state index in [0.717, 1.165) is 12.8 Å². The van der Waals surface area contributed by atoms with E-state index < -0.39 is 10.1 Å². The lowest BCUT2D eigenvalue weighted by molar-refractivity contribution is 0.496. The van der Waals surface area contributed by atoms with Gasteiger partial charge in [-0.2, -0.15) is 8.42 Å². The van der Waals surface area contributed by atoms with Crippen LogP contribution in [0.1, 0.15) is 116 Å². The van der Waals surface area contributed by atoms with Gasteiger partial charge in [0.05, 0.1) is 5.25 Å². The Balaban J connectivity index is 3.11. The molecule has 0 fully saturated rings. The van der Waals surface area contributed by atoms with Crippen LogP contribution in [0.15, 0.2) is 0 Å². The largest absolute Gasteiger partial charge is 0.335 e. The van der Waals surface area contributed by atoms with Crippen LogP contribution in [0.25, 0.3) is 0 Å². The highest BCUT2D eigenvalue weighted by molar-refractivity contribution is 7.90. The summed E-state index contributed by atoms with van der Waals surface area (Å²) < 4.78 is 29.2. The number of rotatable bonds is 16. The van der Waals surface area contributed by atoms with Crippen molar-refractivity contribution in [3.8, 4) is 11.2 Å². The quantitative estimate of drug-likeness (QED) is 0.195. The zero-order valence-electron chi connectivity index (χ0n) is 15.7. The first kappa shape index (κ1) is 23.5. The fourth-order valence-electron chi connectivity index (χ4n) is 2.90. The van der Waals surface area contributed by atoms with Crippen molar-refractivity contribution in [2.75, 3.05) is 0 Å². The van der Waals surface area contributed by atoms with Crippen LogP contribution in [0.3, 0.4) is 0 Å². The Kier molecular flexibility index (Phi) is 16.9. The van der Waals surface area contributed by atoms with Crippen LogP contribution in [0, 0.1) is 11.2 Å². The van der Waals surface area contributed by atoms with Crippen molar-refractivity contribution in [3.63, 3.8) is 0 Å². The Hall–Kier alpha value is -0.530. The third-order valence-electron chi connectivity index (χ3n) is 4.36. The molecular weight excluding hydrogens is 320 g/mol. The molecule has 0 aromatic rings. The van der Waals surface area contributed by atoms with Crippen LogP contribution in [0.2, 0.25) is 0 Å². The molecule has 142 valence electrons. The van der Waals surface area contributed by atoms with E-state index in [1.165, 1.54) is 89.9 Å². The smallest absolute Gasteiger partial charge is 0.276 e. The molecule has 0 aliphatic heterocycles. The lowest BCUT2D eigenvalue weighted by atomic mass is 10.0. The van der Waals surface area contributed by atoms with Gasteiger partial charge in [0.2, 0.25) is 0 Å². The Bertz CT molecular complexity index is 418. The predicted octanol–water partition coefficient (Wildman–Crippen LogP) is 6.49. The van der Waals surface area contributed by atoms with Crippen LogP contribution >= 0.6 is 0 Å². The molecule has 0 bridgehead atoms. The molecule has 24 heavy (non-hydrogen) atoms. The van der Waals surface area contributed by atoms with E-state index in [-0.39, 0.29) is 0 Å². The van der Waals surface area contributed by atoms with Crippen LogP contribution in [0.5, 0.6) is 0 Å². The third-order valence-corrected chi connectivity index (χ3v) is 4.76. The molecular formula is C20H38O3S. The van der Waals surface area contributed by atoms with Gasteiger partial charge in [-0.15, -0.1) is 0 Å². The normalized spacial score (nSPS) is 11.2. The van der Waals surface area contributed by atoms with Gasteiger partial charge >= 0.3 is 10.1 Å². The number of unbranched alkanes of at least 4 members (excludes halogenated alkanes) is 16. The van der Waals surface area contributed by atoms with Gasteiger partial charge in [0, 0.05) is 6.42 Å². The summed E-state index contributed by atoms with van der Waals surface area (Å²) in [6.07, 6.45) is 21.7. The van der Waals surface area contributed by atoms with Crippen molar-refractivity contribution in [2.24, 2.45) is 0 Å². The molecule has 0 atom stereocenters. The predicted molar refractivity (Wildman–Crippen MR) is 103 cm³/mol. The second-order valence-corrected chi connectivity index (χ2v) is 7.96. The van der Waals surface area contributed by atoms with Crippen LogP contribution < -0.4 is 0 Å². The zero-order valence-corrected chi connectivity index (χ0v) is 16.5. The SMILES string of the molecule is CCCCCCCCCCCCCCCCCCC#CS(=O)(=O)O. The molecule has 3 nitrogen and oxygen atoms in total. The van der Waals surface area contributed by atoms with Gasteiger partial charge in [-0.05, 0) is 6.42 Å². The van der Waals surface area contributed by atoms with Crippen molar-refractivity contribution >= 4 is 10.1 Å². The van der Waals surface area contributed by atoms with Crippen LogP contribution in [0.4, 0.5) is 0 Å². The van der Waals surface area contributed by atoms with Crippen molar-refractivity contribution in [3.05, 3.63) is 0 Å². The molecule has 0 radical (unpaired) electrons. The second kappa shape index (κ2) is 17.3. The molecule has 0 aromatic carbocycles. The van der Waals surface area contributed by atoms with E-state index in [2.05, 4.69) is 12.8 Å². The van der Waals surface area contributed by atoms with Crippen molar-refractivity contribution < 1.29 is 13.0 Å². The van der Waals surface area contributed by atoms with Crippen LogP contribution in [-0.2, 0) is 10.1 Å². The highest BCUT2D eigenvalue weighted by Gasteiger charge is 1.95. The van der Waals surface area contributed by atoms with Gasteiger partial charge in [-0.25, -0.2) is 0 Å². The van der Waals surface area contributed by atoms with E-state index in [4.69, 9.17) is 4.55 Å².